The lowest BCUT2D eigenvalue weighted by molar-refractivity contribution is 0.242. The van der Waals surface area contributed by atoms with Gasteiger partial charge in [-0.05, 0) is 34.7 Å². The van der Waals surface area contributed by atoms with Crippen LogP contribution in [0, 0.1) is 0 Å². The number of carbonyl (C=O) groups excluding carboxylic acids is 1. The molecule has 0 aliphatic heterocycles. The number of carbonyl (C=O) groups is 1. The molecule has 0 aliphatic rings. The van der Waals surface area contributed by atoms with Gasteiger partial charge in [0.2, 0.25) is 0 Å². The van der Waals surface area contributed by atoms with Crippen molar-refractivity contribution in [3.8, 4) is 0 Å². The topological polar surface area (TPSA) is 108 Å². The Morgan fingerprint density at radius 3 is 1.77 bits per heavy atom. The molecule has 0 saturated heterocycles. The average Bonchev–Trinajstić information content (AvgIpc) is 3.13. The van der Waals surface area contributed by atoms with E-state index in [1.807, 2.05) is 24.3 Å². The minimum Gasteiger partial charge on any atom is -0.348 e. The minimum absolute atomic E-state index is 0.626. The second kappa shape index (κ2) is 4.52. The Hall–Kier alpha value is -3.49. The lowest BCUT2D eigenvalue weighted by Gasteiger charge is -2.19. The monoisotopic (exact) mass is 294 g/mol. The molecule has 0 fully saturated rings. The molecule has 0 atom stereocenters. The van der Waals surface area contributed by atoms with Gasteiger partial charge in [-0.25, -0.2) is 4.79 Å². The molecule has 4 rings (SSSR count). The van der Waals surface area contributed by atoms with Crippen LogP contribution in [0.2, 0.25) is 0 Å². The van der Waals surface area contributed by atoms with Crippen LogP contribution in [0.1, 0.15) is 0 Å². The van der Waals surface area contributed by atoms with Crippen molar-refractivity contribution < 1.29 is 4.79 Å². The predicted octanol–water partition coefficient (Wildman–Crippen LogP) is 0.656. The van der Waals surface area contributed by atoms with Gasteiger partial charge in [-0.1, -0.05) is 29.4 Å². The number of aromatic nitrogens is 6. The second-order valence-corrected chi connectivity index (χ2v) is 4.56. The Morgan fingerprint density at radius 1 is 0.864 bits per heavy atom. The summed E-state index contributed by atoms with van der Waals surface area (Å²) in [5.74, 6) is 0. The van der Waals surface area contributed by atoms with Crippen molar-refractivity contribution in [1.82, 2.24) is 30.2 Å². The van der Waals surface area contributed by atoms with Crippen molar-refractivity contribution in [2.45, 2.75) is 0 Å². The molecular formula is C13H10N8O. The molecule has 0 unspecified atom stereocenters. The molecule has 0 saturated carbocycles. The van der Waals surface area contributed by atoms with Gasteiger partial charge in [0.25, 0.3) is 0 Å². The smallest absolute Gasteiger partial charge is 0.348 e. The number of amides is 2. The van der Waals surface area contributed by atoms with Gasteiger partial charge in [-0.2, -0.15) is 0 Å². The molecule has 0 bridgehead atoms. The third kappa shape index (κ3) is 1.69. The van der Waals surface area contributed by atoms with E-state index in [1.165, 1.54) is 9.58 Å². The zero-order chi connectivity index (χ0) is 15.1. The first kappa shape index (κ1) is 12.3. The van der Waals surface area contributed by atoms with Crippen LogP contribution in [0.5, 0.6) is 0 Å². The Morgan fingerprint density at radius 2 is 1.32 bits per heavy atom. The summed E-state index contributed by atoms with van der Waals surface area (Å²) in [5, 5.41) is 17.1. The number of fused-ring (bicyclic) bond motifs is 2. The molecule has 2 aromatic carbocycles. The van der Waals surface area contributed by atoms with E-state index in [1.54, 1.807) is 24.3 Å². The van der Waals surface area contributed by atoms with Crippen molar-refractivity contribution in [1.29, 1.82) is 0 Å². The maximum absolute atomic E-state index is 12.0. The molecule has 2 amide bonds. The van der Waals surface area contributed by atoms with Gasteiger partial charge in [0.15, 0.2) is 0 Å². The molecule has 9 heteroatoms. The molecule has 4 aromatic rings. The molecule has 0 radical (unpaired) electrons. The number of urea groups is 1. The Bertz CT molecular complexity index is 914. The van der Waals surface area contributed by atoms with Crippen molar-refractivity contribution in [3.63, 3.8) is 0 Å². The maximum atomic E-state index is 12.0. The van der Waals surface area contributed by atoms with Gasteiger partial charge < -0.3 is 5.73 Å². The third-order valence-corrected chi connectivity index (χ3v) is 3.22. The van der Waals surface area contributed by atoms with Crippen LogP contribution < -0.4 is 10.9 Å². The molecule has 108 valence electrons. The minimum atomic E-state index is -0.758. The fourth-order valence-corrected chi connectivity index (χ4v) is 2.26. The fraction of sp³-hybridized carbons (Fsp3) is 0. The third-order valence-electron chi connectivity index (χ3n) is 3.22. The lowest BCUT2D eigenvalue weighted by atomic mass is 10.3. The molecule has 2 N–H and O–H groups in total. The van der Waals surface area contributed by atoms with Crippen LogP contribution >= 0.6 is 0 Å². The first-order valence-electron chi connectivity index (χ1n) is 6.47. The van der Waals surface area contributed by atoms with E-state index in [4.69, 9.17) is 5.73 Å². The number of hydrogen-bond donors (Lipinski definition) is 1. The highest BCUT2D eigenvalue weighted by atomic mass is 16.2. The zero-order valence-corrected chi connectivity index (χ0v) is 11.2. The highest BCUT2D eigenvalue weighted by Crippen LogP contribution is 2.14. The lowest BCUT2D eigenvalue weighted by Crippen LogP contribution is -2.49. The van der Waals surface area contributed by atoms with Crippen LogP contribution in [0.3, 0.4) is 0 Å². The van der Waals surface area contributed by atoms with Crippen molar-refractivity contribution in [2.75, 3.05) is 5.12 Å². The Labute approximate surface area is 123 Å². The first-order chi connectivity index (χ1) is 10.8. The van der Waals surface area contributed by atoms with Gasteiger partial charge in [0.1, 0.15) is 22.1 Å². The summed E-state index contributed by atoms with van der Waals surface area (Å²) in [6.45, 7) is 0. The summed E-state index contributed by atoms with van der Waals surface area (Å²) in [6, 6.07) is 13.7. The molecular weight excluding hydrogens is 284 g/mol. The van der Waals surface area contributed by atoms with Gasteiger partial charge >= 0.3 is 6.03 Å². The largest absolute Gasteiger partial charge is 0.356 e. The van der Waals surface area contributed by atoms with Gasteiger partial charge in [-0.15, -0.1) is 19.8 Å². The first-order valence-corrected chi connectivity index (χ1v) is 6.47. The molecule has 0 aliphatic carbocycles. The SMILES string of the molecule is NC(=O)N(n1nnc2ccccc21)n1nnc2ccccc21. The van der Waals surface area contributed by atoms with Crippen molar-refractivity contribution >= 4 is 28.1 Å². The van der Waals surface area contributed by atoms with Crippen LogP contribution in [0.4, 0.5) is 4.79 Å². The number of benzene rings is 2. The van der Waals surface area contributed by atoms with Gasteiger partial charge in [0.05, 0.1) is 0 Å². The highest BCUT2D eigenvalue weighted by molar-refractivity contribution is 5.87. The summed E-state index contributed by atoms with van der Waals surface area (Å²) in [7, 11) is 0. The molecule has 9 nitrogen and oxygen atoms in total. The average molecular weight is 294 g/mol. The van der Waals surface area contributed by atoms with E-state index in [0.717, 1.165) is 5.12 Å². The van der Waals surface area contributed by atoms with Gasteiger partial charge in [-0.3, -0.25) is 0 Å². The van der Waals surface area contributed by atoms with E-state index in [9.17, 15) is 4.79 Å². The highest BCUT2D eigenvalue weighted by Gasteiger charge is 2.21. The van der Waals surface area contributed by atoms with Crippen LogP contribution in [0.15, 0.2) is 48.5 Å². The number of rotatable bonds is 2. The summed E-state index contributed by atoms with van der Waals surface area (Å²) >= 11 is 0. The number of hydrogen-bond acceptors (Lipinski definition) is 5. The summed E-state index contributed by atoms with van der Waals surface area (Å²) in [5.41, 5.74) is 8.04. The van der Waals surface area contributed by atoms with E-state index in [-0.39, 0.29) is 0 Å². The number of primary amides is 1. The van der Waals surface area contributed by atoms with Crippen LogP contribution in [-0.2, 0) is 0 Å². The molecule has 2 aromatic heterocycles. The molecule has 0 spiro atoms. The van der Waals surface area contributed by atoms with Gasteiger partial charge in [0, 0.05) is 0 Å². The van der Waals surface area contributed by atoms with Crippen LogP contribution in [-0.4, -0.2) is 36.2 Å². The Kier molecular flexibility index (Phi) is 2.52. The van der Waals surface area contributed by atoms with E-state index in [2.05, 4.69) is 20.6 Å². The van der Waals surface area contributed by atoms with E-state index in [0.29, 0.717) is 22.1 Å². The summed E-state index contributed by atoms with van der Waals surface area (Å²) in [6.07, 6.45) is 0. The van der Waals surface area contributed by atoms with Crippen LogP contribution in [0.25, 0.3) is 22.1 Å². The predicted molar refractivity (Wildman–Crippen MR) is 78.3 cm³/mol. The maximum Gasteiger partial charge on any atom is 0.356 e. The van der Waals surface area contributed by atoms with E-state index >= 15 is 0 Å². The normalized spacial score (nSPS) is 11.1. The molecule has 22 heavy (non-hydrogen) atoms. The number of nitrogens with zero attached hydrogens (tertiary/aromatic N) is 7. The summed E-state index contributed by atoms with van der Waals surface area (Å²) < 4.78 is 0. The van der Waals surface area contributed by atoms with Crippen molar-refractivity contribution in [2.24, 2.45) is 5.73 Å². The summed E-state index contributed by atoms with van der Waals surface area (Å²) in [4.78, 5) is 14.5. The van der Waals surface area contributed by atoms with E-state index < -0.39 is 6.03 Å². The number of para-hydroxylation sites is 2. The molecule has 2 heterocycles. The fourth-order valence-electron chi connectivity index (χ4n) is 2.26. The Balaban J connectivity index is 1.97. The quantitative estimate of drug-likeness (QED) is 0.584. The van der Waals surface area contributed by atoms with Crippen molar-refractivity contribution in [3.05, 3.63) is 48.5 Å². The zero-order valence-electron chi connectivity index (χ0n) is 11.2. The number of nitrogens with two attached hydrogens (primary N) is 1. The second-order valence-electron chi connectivity index (χ2n) is 4.56. The standard InChI is InChI=1S/C13H10N8O/c14-13(22)21(19-11-7-3-1-5-9(11)15-17-19)20-12-8-4-2-6-10(12)16-18-20/h1-8H,(H2,14,22).